The number of hydrogen-bond acceptors (Lipinski definition) is 6. The third-order valence-corrected chi connectivity index (χ3v) is 6.40. The summed E-state index contributed by atoms with van der Waals surface area (Å²) in [5, 5.41) is 7.92. The molecule has 140 valence electrons. The highest BCUT2D eigenvalue weighted by atomic mass is 35.5. The van der Waals surface area contributed by atoms with Gasteiger partial charge in [0.05, 0.1) is 17.3 Å². The third-order valence-electron chi connectivity index (χ3n) is 4.48. The first kappa shape index (κ1) is 20.1. The Bertz CT molecular complexity index is 803. The van der Waals surface area contributed by atoms with Gasteiger partial charge in [-0.05, 0) is 44.8 Å². The number of fused-ring (bicyclic) bond motifs is 1. The lowest BCUT2D eigenvalue weighted by molar-refractivity contribution is 0.262. The van der Waals surface area contributed by atoms with E-state index in [2.05, 4.69) is 15.5 Å². The largest absolute Gasteiger partial charge is 0.336 e. The monoisotopic (exact) mass is 388 g/mol. The predicted molar refractivity (Wildman–Crippen MR) is 98.5 cm³/mol. The standard InChI is InChI=1S/C16H24N4O3S.ClH/c1-3-9-20(12-5-7-17-8-6-12)24(21,22)13-10-14-15(4-2)19-23-16(14)18-11-13;/h10-12,17H,3-9H2,1-2H3;1H. The van der Waals surface area contributed by atoms with Gasteiger partial charge in [-0.1, -0.05) is 19.0 Å². The van der Waals surface area contributed by atoms with E-state index >= 15 is 0 Å². The van der Waals surface area contributed by atoms with Gasteiger partial charge in [-0.3, -0.25) is 0 Å². The molecule has 1 fully saturated rings. The average molecular weight is 389 g/mol. The molecule has 0 unspecified atom stereocenters. The van der Waals surface area contributed by atoms with Crippen molar-refractivity contribution in [3.8, 4) is 0 Å². The van der Waals surface area contributed by atoms with Gasteiger partial charge < -0.3 is 9.84 Å². The van der Waals surface area contributed by atoms with Gasteiger partial charge in [-0.15, -0.1) is 12.4 Å². The van der Waals surface area contributed by atoms with Crippen LogP contribution < -0.4 is 5.32 Å². The molecular weight excluding hydrogens is 364 g/mol. The highest BCUT2D eigenvalue weighted by molar-refractivity contribution is 7.89. The molecule has 3 heterocycles. The number of rotatable bonds is 6. The van der Waals surface area contributed by atoms with Crippen molar-refractivity contribution in [2.24, 2.45) is 0 Å². The van der Waals surface area contributed by atoms with Crippen molar-refractivity contribution >= 4 is 33.5 Å². The Balaban J connectivity index is 0.00000225. The minimum Gasteiger partial charge on any atom is -0.336 e. The molecule has 1 N–H and O–H groups in total. The first-order valence-electron chi connectivity index (χ1n) is 8.54. The van der Waals surface area contributed by atoms with Crippen LogP contribution in [0.4, 0.5) is 0 Å². The van der Waals surface area contributed by atoms with Crippen molar-refractivity contribution in [1.82, 2.24) is 19.8 Å². The molecular formula is C16H25ClN4O3S. The van der Waals surface area contributed by atoms with Crippen LogP contribution in [0.25, 0.3) is 11.1 Å². The Labute approximate surface area is 154 Å². The van der Waals surface area contributed by atoms with Crippen molar-refractivity contribution in [3.63, 3.8) is 0 Å². The molecule has 1 saturated heterocycles. The van der Waals surface area contributed by atoms with Crippen LogP contribution in [0.2, 0.25) is 0 Å². The predicted octanol–water partition coefficient (Wildman–Crippen LogP) is 2.36. The molecule has 0 aromatic carbocycles. The summed E-state index contributed by atoms with van der Waals surface area (Å²) in [5.74, 6) is 0. The highest BCUT2D eigenvalue weighted by Crippen LogP contribution is 2.26. The van der Waals surface area contributed by atoms with E-state index in [4.69, 9.17) is 4.52 Å². The lowest BCUT2D eigenvalue weighted by Crippen LogP contribution is -2.46. The van der Waals surface area contributed by atoms with Crippen LogP contribution in [-0.2, 0) is 16.4 Å². The van der Waals surface area contributed by atoms with Crippen molar-refractivity contribution in [1.29, 1.82) is 0 Å². The van der Waals surface area contributed by atoms with Gasteiger partial charge in [-0.25, -0.2) is 13.4 Å². The number of sulfonamides is 1. The van der Waals surface area contributed by atoms with Crippen molar-refractivity contribution in [3.05, 3.63) is 18.0 Å². The Morgan fingerprint density at radius 3 is 2.68 bits per heavy atom. The highest BCUT2D eigenvalue weighted by Gasteiger charge is 2.32. The van der Waals surface area contributed by atoms with Crippen LogP contribution in [0.5, 0.6) is 0 Å². The number of aryl methyl sites for hydroxylation is 1. The van der Waals surface area contributed by atoms with Gasteiger partial charge in [-0.2, -0.15) is 4.31 Å². The second kappa shape index (κ2) is 8.44. The van der Waals surface area contributed by atoms with Crippen LogP contribution in [-0.4, -0.2) is 48.5 Å². The molecule has 25 heavy (non-hydrogen) atoms. The molecule has 0 aliphatic carbocycles. The summed E-state index contributed by atoms with van der Waals surface area (Å²) in [6.07, 6.45) is 4.51. The Morgan fingerprint density at radius 1 is 1.32 bits per heavy atom. The van der Waals surface area contributed by atoms with Crippen molar-refractivity contribution < 1.29 is 12.9 Å². The number of nitrogens with zero attached hydrogens (tertiary/aromatic N) is 3. The third kappa shape index (κ3) is 3.97. The van der Waals surface area contributed by atoms with E-state index in [0.717, 1.165) is 38.0 Å². The first-order valence-corrected chi connectivity index (χ1v) is 9.98. The number of halogens is 1. The zero-order valence-electron chi connectivity index (χ0n) is 14.6. The van der Waals surface area contributed by atoms with E-state index in [-0.39, 0.29) is 23.3 Å². The fourth-order valence-corrected chi connectivity index (χ4v) is 4.96. The molecule has 0 spiro atoms. The summed E-state index contributed by atoms with van der Waals surface area (Å²) < 4.78 is 33.2. The van der Waals surface area contributed by atoms with Gasteiger partial charge in [0.1, 0.15) is 4.90 Å². The number of pyridine rings is 1. The Kier molecular flexibility index (Phi) is 6.79. The minimum absolute atomic E-state index is 0. The van der Waals surface area contributed by atoms with Gasteiger partial charge in [0.2, 0.25) is 10.0 Å². The van der Waals surface area contributed by atoms with E-state index in [1.807, 2.05) is 13.8 Å². The quantitative estimate of drug-likeness (QED) is 0.817. The maximum atomic E-state index is 13.2. The number of hydrogen-bond donors (Lipinski definition) is 1. The molecule has 2 aromatic heterocycles. The summed E-state index contributed by atoms with van der Waals surface area (Å²) >= 11 is 0. The smallest absolute Gasteiger partial charge is 0.258 e. The first-order chi connectivity index (χ1) is 11.6. The molecule has 0 saturated carbocycles. The van der Waals surface area contributed by atoms with Crippen molar-refractivity contribution in [2.75, 3.05) is 19.6 Å². The zero-order chi connectivity index (χ0) is 17.2. The lowest BCUT2D eigenvalue weighted by Gasteiger charge is -2.33. The average Bonchev–Trinajstić information content (AvgIpc) is 3.02. The second-order valence-electron chi connectivity index (χ2n) is 6.10. The Hall–Kier alpha value is -1.22. The van der Waals surface area contributed by atoms with E-state index in [1.54, 1.807) is 10.4 Å². The topological polar surface area (TPSA) is 88.3 Å². The molecule has 1 aliphatic heterocycles. The fraction of sp³-hybridized carbons (Fsp3) is 0.625. The van der Waals surface area contributed by atoms with E-state index in [0.29, 0.717) is 24.1 Å². The zero-order valence-corrected chi connectivity index (χ0v) is 16.2. The molecule has 7 nitrogen and oxygen atoms in total. The van der Waals surface area contributed by atoms with E-state index in [1.165, 1.54) is 6.20 Å². The summed E-state index contributed by atoms with van der Waals surface area (Å²) in [6.45, 7) is 6.18. The maximum absolute atomic E-state index is 13.2. The molecule has 0 atom stereocenters. The van der Waals surface area contributed by atoms with Gasteiger partial charge in [0.25, 0.3) is 5.71 Å². The molecule has 9 heteroatoms. The molecule has 2 aromatic rings. The number of nitrogens with one attached hydrogen (secondary N) is 1. The summed E-state index contributed by atoms with van der Waals surface area (Å²) in [5.41, 5.74) is 1.12. The number of aromatic nitrogens is 2. The normalized spacial score (nSPS) is 16.3. The van der Waals surface area contributed by atoms with Crippen LogP contribution in [0.15, 0.2) is 21.7 Å². The van der Waals surface area contributed by atoms with E-state index < -0.39 is 10.0 Å². The fourth-order valence-electron chi connectivity index (χ4n) is 3.21. The lowest BCUT2D eigenvalue weighted by atomic mass is 10.1. The van der Waals surface area contributed by atoms with Crippen LogP contribution >= 0.6 is 12.4 Å². The SMILES string of the molecule is CCCN(C1CCNCC1)S(=O)(=O)c1cnc2onc(CC)c2c1.Cl. The van der Waals surface area contributed by atoms with Gasteiger partial charge in [0.15, 0.2) is 0 Å². The maximum Gasteiger partial charge on any atom is 0.258 e. The van der Waals surface area contributed by atoms with Crippen molar-refractivity contribution in [2.45, 2.75) is 50.5 Å². The van der Waals surface area contributed by atoms with Crippen LogP contribution in [0.1, 0.15) is 38.8 Å². The molecule has 0 radical (unpaired) electrons. The van der Waals surface area contributed by atoms with Crippen LogP contribution in [0.3, 0.4) is 0 Å². The summed E-state index contributed by atoms with van der Waals surface area (Å²) in [4.78, 5) is 4.38. The second-order valence-corrected chi connectivity index (χ2v) is 7.99. The number of piperidine rings is 1. The molecule has 0 bridgehead atoms. The van der Waals surface area contributed by atoms with E-state index in [9.17, 15) is 8.42 Å². The van der Waals surface area contributed by atoms with Gasteiger partial charge in [0, 0.05) is 12.6 Å². The minimum atomic E-state index is -3.58. The Morgan fingerprint density at radius 2 is 2.04 bits per heavy atom. The molecule has 0 amide bonds. The summed E-state index contributed by atoms with van der Waals surface area (Å²) in [7, 11) is -3.58. The van der Waals surface area contributed by atoms with Crippen LogP contribution in [0, 0.1) is 0 Å². The molecule has 1 aliphatic rings. The molecule has 3 rings (SSSR count). The summed E-state index contributed by atoms with van der Waals surface area (Å²) in [6, 6.07) is 1.69. The van der Waals surface area contributed by atoms with Gasteiger partial charge >= 0.3 is 0 Å².